The van der Waals surface area contributed by atoms with Gasteiger partial charge in [0, 0.05) is 24.7 Å². The summed E-state index contributed by atoms with van der Waals surface area (Å²) in [6.07, 6.45) is 1.53. The minimum Gasteiger partial charge on any atom is -0.444 e. The molecule has 1 aromatic carbocycles. The van der Waals surface area contributed by atoms with E-state index in [-0.39, 0.29) is 6.04 Å². The average molecular weight is 289 g/mol. The highest BCUT2D eigenvalue weighted by molar-refractivity contribution is 6.01. The number of ether oxygens (including phenoxy) is 1. The molecule has 21 heavy (non-hydrogen) atoms. The number of hydrogen-bond acceptors (Lipinski definition) is 3. The molecule has 1 atom stereocenters. The molecular formula is C16H23N3O2. The molecule has 0 aliphatic rings. The molecule has 0 saturated heterocycles. The Morgan fingerprint density at radius 1 is 1.38 bits per heavy atom. The van der Waals surface area contributed by atoms with Gasteiger partial charge in [-0.2, -0.15) is 0 Å². The molecule has 0 fully saturated rings. The van der Waals surface area contributed by atoms with Gasteiger partial charge in [0.05, 0.1) is 11.2 Å². The molecule has 5 nitrogen and oxygen atoms in total. The molecule has 5 heteroatoms. The van der Waals surface area contributed by atoms with Crippen molar-refractivity contribution in [2.24, 2.45) is 12.8 Å². The molecule has 114 valence electrons. The fraction of sp³-hybridized carbons (Fsp3) is 0.438. The maximum Gasteiger partial charge on any atom is 0.412 e. The van der Waals surface area contributed by atoms with E-state index in [1.54, 1.807) is 0 Å². The van der Waals surface area contributed by atoms with Crippen LogP contribution in [0.5, 0.6) is 0 Å². The van der Waals surface area contributed by atoms with Crippen LogP contribution in [0.1, 0.15) is 39.3 Å². The molecular weight excluding hydrogens is 266 g/mol. The molecule has 0 bridgehead atoms. The summed E-state index contributed by atoms with van der Waals surface area (Å²) in [4.78, 5) is 12.0. The van der Waals surface area contributed by atoms with Crippen LogP contribution in [0.15, 0.2) is 24.4 Å². The zero-order valence-corrected chi connectivity index (χ0v) is 13.2. The highest BCUT2D eigenvalue weighted by Crippen LogP contribution is 2.31. The summed E-state index contributed by atoms with van der Waals surface area (Å²) in [6.45, 7) is 7.44. The van der Waals surface area contributed by atoms with E-state index < -0.39 is 11.7 Å². The van der Waals surface area contributed by atoms with Crippen LogP contribution in [-0.4, -0.2) is 16.3 Å². The summed E-state index contributed by atoms with van der Waals surface area (Å²) < 4.78 is 7.32. The monoisotopic (exact) mass is 289 g/mol. The lowest BCUT2D eigenvalue weighted by molar-refractivity contribution is 0.0636. The predicted molar refractivity (Wildman–Crippen MR) is 85.4 cm³/mol. The van der Waals surface area contributed by atoms with Crippen LogP contribution in [0, 0.1) is 0 Å². The van der Waals surface area contributed by atoms with Crippen molar-refractivity contribution in [3.8, 4) is 0 Å². The predicted octanol–water partition coefficient (Wildman–Crippen LogP) is 3.55. The Morgan fingerprint density at radius 3 is 2.62 bits per heavy atom. The highest BCUT2D eigenvalue weighted by Gasteiger charge is 2.19. The number of fused-ring (bicyclic) bond motifs is 1. The maximum absolute atomic E-state index is 12.0. The first-order valence-electron chi connectivity index (χ1n) is 7.02. The third kappa shape index (κ3) is 3.36. The third-order valence-corrected chi connectivity index (χ3v) is 3.17. The molecule has 3 N–H and O–H groups in total. The molecule has 0 saturated carbocycles. The number of carbonyl (C=O) groups excluding carboxylic acids is 1. The number of rotatable bonds is 2. The van der Waals surface area contributed by atoms with Crippen molar-refractivity contribution in [1.29, 1.82) is 0 Å². The quantitative estimate of drug-likeness (QED) is 0.888. The van der Waals surface area contributed by atoms with E-state index in [1.807, 2.05) is 63.7 Å². The average Bonchev–Trinajstić information content (AvgIpc) is 2.66. The van der Waals surface area contributed by atoms with Crippen molar-refractivity contribution < 1.29 is 9.53 Å². The van der Waals surface area contributed by atoms with E-state index in [9.17, 15) is 4.79 Å². The fourth-order valence-corrected chi connectivity index (χ4v) is 2.34. The number of aryl methyl sites for hydroxylation is 1. The van der Waals surface area contributed by atoms with Gasteiger partial charge < -0.3 is 15.0 Å². The van der Waals surface area contributed by atoms with Gasteiger partial charge in [0.25, 0.3) is 0 Å². The maximum atomic E-state index is 12.0. The number of benzene rings is 1. The zero-order valence-electron chi connectivity index (χ0n) is 13.2. The lowest BCUT2D eigenvalue weighted by Gasteiger charge is -2.20. The van der Waals surface area contributed by atoms with Gasteiger partial charge >= 0.3 is 6.09 Å². The first-order valence-corrected chi connectivity index (χ1v) is 7.02. The van der Waals surface area contributed by atoms with Crippen LogP contribution in [0.4, 0.5) is 10.5 Å². The van der Waals surface area contributed by atoms with E-state index in [0.717, 1.165) is 22.2 Å². The summed E-state index contributed by atoms with van der Waals surface area (Å²) >= 11 is 0. The Bertz CT molecular complexity index is 666. The number of aromatic nitrogens is 1. The number of amides is 1. The Hall–Kier alpha value is -2.01. The van der Waals surface area contributed by atoms with E-state index in [4.69, 9.17) is 10.5 Å². The van der Waals surface area contributed by atoms with E-state index in [2.05, 4.69) is 5.32 Å². The fourth-order valence-electron chi connectivity index (χ4n) is 2.34. The second-order valence-corrected chi connectivity index (χ2v) is 6.31. The first-order chi connectivity index (χ1) is 9.69. The van der Waals surface area contributed by atoms with Crippen molar-refractivity contribution in [2.45, 2.75) is 39.3 Å². The molecule has 1 unspecified atom stereocenters. The Balaban J connectivity index is 2.42. The molecule has 1 aromatic heterocycles. The van der Waals surface area contributed by atoms with Crippen LogP contribution in [-0.2, 0) is 11.8 Å². The van der Waals surface area contributed by atoms with Gasteiger partial charge in [0.15, 0.2) is 0 Å². The Labute approximate surface area is 125 Å². The van der Waals surface area contributed by atoms with Crippen LogP contribution < -0.4 is 11.1 Å². The van der Waals surface area contributed by atoms with Crippen LogP contribution in [0.25, 0.3) is 10.9 Å². The lowest BCUT2D eigenvalue weighted by Crippen LogP contribution is -2.27. The summed E-state index contributed by atoms with van der Waals surface area (Å²) in [7, 11) is 1.96. The summed E-state index contributed by atoms with van der Waals surface area (Å²) in [5.41, 5.74) is 8.25. The summed E-state index contributed by atoms with van der Waals surface area (Å²) in [6, 6.07) is 5.65. The van der Waals surface area contributed by atoms with E-state index in [1.165, 1.54) is 0 Å². The standard InChI is InChI=1S/C16H23N3O2/c1-10(17)11-9-19(5)13-8-6-7-12(14(11)13)18-15(20)21-16(2,3)4/h6-10H,17H2,1-5H3,(H,18,20). The minimum absolute atomic E-state index is 0.115. The molecule has 2 aromatic rings. The van der Waals surface area contributed by atoms with Crippen molar-refractivity contribution in [3.05, 3.63) is 30.0 Å². The first kappa shape index (κ1) is 15.4. The van der Waals surface area contributed by atoms with Crippen LogP contribution in [0.3, 0.4) is 0 Å². The van der Waals surface area contributed by atoms with E-state index in [0.29, 0.717) is 0 Å². The number of nitrogens with one attached hydrogen (secondary N) is 1. The van der Waals surface area contributed by atoms with E-state index >= 15 is 0 Å². The van der Waals surface area contributed by atoms with Gasteiger partial charge in [0.1, 0.15) is 5.60 Å². The van der Waals surface area contributed by atoms with Crippen LogP contribution >= 0.6 is 0 Å². The molecule has 2 rings (SSSR count). The molecule has 1 amide bonds. The van der Waals surface area contributed by atoms with Gasteiger partial charge in [-0.05, 0) is 45.4 Å². The molecule has 0 spiro atoms. The molecule has 0 aliphatic carbocycles. The Kier molecular flexibility index (Phi) is 3.96. The van der Waals surface area contributed by atoms with Crippen molar-refractivity contribution in [3.63, 3.8) is 0 Å². The summed E-state index contributed by atoms with van der Waals surface area (Å²) in [5.74, 6) is 0. The van der Waals surface area contributed by atoms with Gasteiger partial charge in [0.2, 0.25) is 0 Å². The van der Waals surface area contributed by atoms with Gasteiger partial charge in [-0.3, -0.25) is 5.32 Å². The highest BCUT2D eigenvalue weighted by atomic mass is 16.6. The van der Waals surface area contributed by atoms with Gasteiger partial charge in [-0.1, -0.05) is 6.07 Å². The number of nitrogens with zero attached hydrogens (tertiary/aromatic N) is 1. The second-order valence-electron chi connectivity index (χ2n) is 6.31. The number of hydrogen-bond donors (Lipinski definition) is 2. The number of anilines is 1. The lowest BCUT2D eigenvalue weighted by atomic mass is 10.1. The largest absolute Gasteiger partial charge is 0.444 e. The van der Waals surface area contributed by atoms with Gasteiger partial charge in [-0.25, -0.2) is 4.79 Å². The topological polar surface area (TPSA) is 69.3 Å². The molecule has 0 radical (unpaired) electrons. The minimum atomic E-state index is -0.529. The SMILES string of the molecule is CC(N)c1cn(C)c2cccc(NC(=O)OC(C)(C)C)c12. The third-order valence-electron chi connectivity index (χ3n) is 3.17. The van der Waals surface area contributed by atoms with Crippen LogP contribution in [0.2, 0.25) is 0 Å². The smallest absolute Gasteiger partial charge is 0.412 e. The number of nitrogens with two attached hydrogens (primary N) is 1. The molecule has 1 heterocycles. The molecule has 0 aliphatic heterocycles. The van der Waals surface area contributed by atoms with Crippen molar-refractivity contribution >= 4 is 22.7 Å². The summed E-state index contributed by atoms with van der Waals surface area (Å²) in [5, 5.41) is 3.78. The van der Waals surface area contributed by atoms with Crippen molar-refractivity contribution in [1.82, 2.24) is 4.57 Å². The second kappa shape index (κ2) is 5.41. The zero-order chi connectivity index (χ0) is 15.8. The normalized spacial score (nSPS) is 13.2. The van der Waals surface area contributed by atoms with Crippen molar-refractivity contribution in [2.75, 3.05) is 5.32 Å². The van der Waals surface area contributed by atoms with Gasteiger partial charge in [-0.15, -0.1) is 0 Å². The number of carbonyl (C=O) groups is 1. The Morgan fingerprint density at radius 2 is 2.05 bits per heavy atom.